The van der Waals surface area contributed by atoms with Crippen LogP contribution in [-0.4, -0.2) is 24.2 Å². The third kappa shape index (κ3) is 2.59. The van der Waals surface area contributed by atoms with Crippen molar-refractivity contribution in [3.05, 3.63) is 41.6 Å². The number of aromatic nitrogens is 1. The molecule has 1 N–H and O–H groups in total. The highest BCUT2D eigenvalue weighted by Gasteiger charge is 2.16. The zero-order chi connectivity index (χ0) is 13.9. The fourth-order valence-electron chi connectivity index (χ4n) is 1.94. The number of benzene rings is 1. The lowest BCUT2D eigenvalue weighted by Gasteiger charge is -2.04. The molecular formula is C14H14N2O4. The van der Waals surface area contributed by atoms with Gasteiger partial charge in [-0.15, -0.1) is 0 Å². The number of nitrogens with zero attached hydrogens (tertiary/aromatic N) is 1. The van der Waals surface area contributed by atoms with Crippen molar-refractivity contribution in [3.63, 3.8) is 0 Å². The highest BCUT2D eigenvalue weighted by Crippen LogP contribution is 2.32. The van der Waals surface area contributed by atoms with Gasteiger partial charge in [-0.3, -0.25) is 4.79 Å². The average molecular weight is 274 g/mol. The smallest absolute Gasteiger partial charge is 0.251 e. The molecule has 0 unspecified atom stereocenters. The molecule has 0 saturated carbocycles. The van der Waals surface area contributed by atoms with Gasteiger partial charge >= 0.3 is 0 Å². The molecule has 1 aromatic heterocycles. The van der Waals surface area contributed by atoms with Crippen molar-refractivity contribution in [3.8, 4) is 11.5 Å². The van der Waals surface area contributed by atoms with Gasteiger partial charge in [0.05, 0.1) is 6.20 Å². The van der Waals surface area contributed by atoms with Gasteiger partial charge in [0, 0.05) is 18.5 Å². The molecule has 20 heavy (non-hydrogen) atoms. The van der Waals surface area contributed by atoms with E-state index in [9.17, 15) is 4.79 Å². The van der Waals surface area contributed by atoms with E-state index >= 15 is 0 Å². The number of carbonyl (C=O) groups is 1. The Balaban J connectivity index is 1.56. The first-order valence-electron chi connectivity index (χ1n) is 6.31. The first-order chi connectivity index (χ1) is 9.72. The molecule has 0 saturated heterocycles. The van der Waals surface area contributed by atoms with Gasteiger partial charge in [-0.1, -0.05) is 0 Å². The molecule has 3 rings (SSSR count). The number of ether oxygens (including phenoxy) is 2. The van der Waals surface area contributed by atoms with Crippen LogP contribution in [0.1, 0.15) is 22.0 Å². The number of rotatable bonds is 4. The molecule has 0 radical (unpaired) electrons. The molecule has 0 spiro atoms. The lowest BCUT2D eigenvalue weighted by atomic mass is 10.2. The molecule has 0 aliphatic carbocycles. The monoisotopic (exact) mass is 274 g/mol. The molecular weight excluding hydrogens is 260 g/mol. The molecule has 1 aliphatic heterocycles. The molecule has 6 heteroatoms. The van der Waals surface area contributed by atoms with Crippen LogP contribution < -0.4 is 14.8 Å². The number of oxazole rings is 1. The normalized spacial score (nSPS) is 12.4. The van der Waals surface area contributed by atoms with Crippen molar-refractivity contribution in [2.45, 2.75) is 13.3 Å². The van der Waals surface area contributed by atoms with E-state index in [0.29, 0.717) is 35.9 Å². The summed E-state index contributed by atoms with van der Waals surface area (Å²) in [6.45, 7) is 2.50. The summed E-state index contributed by atoms with van der Waals surface area (Å²) in [6.07, 6.45) is 2.22. The largest absolute Gasteiger partial charge is 0.454 e. The van der Waals surface area contributed by atoms with Crippen molar-refractivity contribution < 1.29 is 18.7 Å². The number of fused-ring (bicyclic) bond motifs is 1. The van der Waals surface area contributed by atoms with Gasteiger partial charge in [0.2, 0.25) is 6.79 Å². The average Bonchev–Trinajstić information content (AvgIpc) is 3.06. The van der Waals surface area contributed by atoms with Crippen LogP contribution in [0.2, 0.25) is 0 Å². The molecule has 1 aromatic carbocycles. The topological polar surface area (TPSA) is 73.6 Å². The maximum atomic E-state index is 12.0. The second-order valence-corrected chi connectivity index (χ2v) is 4.44. The summed E-state index contributed by atoms with van der Waals surface area (Å²) in [5, 5.41) is 2.81. The highest BCUT2D eigenvalue weighted by atomic mass is 16.7. The SMILES string of the molecule is Cc1cnc(CCNC(=O)c2ccc3c(c2)OCO3)o1. The predicted octanol–water partition coefficient (Wildman–Crippen LogP) is 1.68. The van der Waals surface area contributed by atoms with Crippen LogP contribution in [0.25, 0.3) is 0 Å². The summed E-state index contributed by atoms with van der Waals surface area (Å²) in [7, 11) is 0. The predicted molar refractivity (Wildman–Crippen MR) is 69.8 cm³/mol. The van der Waals surface area contributed by atoms with E-state index < -0.39 is 0 Å². The Bertz CT molecular complexity index is 636. The van der Waals surface area contributed by atoms with E-state index in [4.69, 9.17) is 13.9 Å². The Labute approximate surface area is 115 Å². The van der Waals surface area contributed by atoms with Crippen LogP contribution in [0.4, 0.5) is 0 Å². The number of carbonyl (C=O) groups excluding carboxylic acids is 1. The first-order valence-corrected chi connectivity index (χ1v) is 6.31. The van der Waals surface area contributed by atoms with Crippen LogP contribution in [-0.2, 0) is 6.42 Å². The first kappa shape index (κ1) is 12.5. The zero-order valence-corrected chi connectivity index (χ0v) is 11.0. The van der Waals surface area contributed by atoms with E-state index in [2.05, 4.69) is 10.3 Å². The van der Waals surface area contributed by atoms with Crippen LogP contribution in [0.3, 0.4) is 0 Å². The summed E-state index contributed by atoms with van der Waals surface area (Å²) in [6, 6.07) is 5.11. The van der Waals surface area contributed by atoms with Gasteiger partial charge in [0.25, 0.3) is 5.91 Å². The molecule has 1 aliphatic rings. The fraction of sp³-hybridized carbons (Fsp3) is 0.286. The number of aryl methyl sites for hydroxylation is 1. The van der Waals surface area contributed by atoms with Crippen molar-refractivity contribution in [2.24, 2.45) is 0 Å². The van der Waals surface area contributed by atoms with Crippen molar-refractivity contribution in [2.75, 3.05) is 13.3 Å². The van der Waals surface area contributed by atoms with E-state index in [0.717, 1.165) is 5.76 Å². The lowest BCUT2D eigenvalue weighted by molar-refractivity contribution is 0.0953. The van der Waals surface area contributed by atoms with Gasteiger partial charge in [-0.05, 0) is 25.1 Å². The van der Waals surface area contributed by atoms with Crippen LogP contribution in [0.5, 0.6) is 11.5 Å². The lowest BCUT2D eigenvalue weighted by Crippen LogP contribution is -2.25. The van der Waals surface area contributed by atoms with Crippen molar-refractivity contribution >= 4 is 5.91 Å². The molecule has 2 aromatic rings. The van der Waals surface area contributed by atoms with Crippen LogP contribution in [0, 0.1) is 6.92 Å². The second kappa shape index (κ2) is 5.24. The molecule has 1 amide bonds. The Morgan fingerprint density at radius 2 is 2.20 bits per heavy atom. The molecule has 6 nitrogen and oxygen atoms in total. The summed E-state index contributed by atoms with van der Waals surface area (Å²) < 4.78 is 15.8. The molecule has 0 atom stereocenters. The van der Waals surface area contributed by atoms with E-state index in [1.165, 1.54) is 0 Å². The summed E-state index contributed by atoms with van der Waals surface area (Å²) in [4.78, 5) is 16.1. The minimum atomic E-state index is -0.161. The number of hydrogen-bond donors (Lipinski definition) is 1. The molecule has 0 fully saturated rings. The zero-order valence-electron chi connectivity index (χ0n) is 11.0. The molecule has 104 valence electrons. The van der Waals surface area contributed by atoms with Gasteiger partial charge in [-0.2, -0.15) is 0 Å². The number of nitrogens with one attached hydrogen (secondary N) is 1. The van der Waals surface area contributed by atoms with Gasteiger partial charge < -0.3 is 19.2 Å². The molecule has 0 bridgehead atoms. The minimum Gasteiger partial charge on any atom is -0.454 e. The fourth-order valence-corrected chi connectivity index (χ4v) is 1.94. The van der Waals surface area contributed by atoms with E-state index in [-0.39, 0.29) is 12.7 Å². The summed E-state index contributed by atoms with van der Waals surface area (Å²) in [5.41, 5.74) is 0.540. The number of amides is 1. The Hall–Kier alpha value is -2.50. The maximum absolute atomic E-state index is 12.0. The van der Waals surface area contributed by atoms with E-state index in [1.807, 2.05) is 6.92 Å². The summed E-state index contributed by atoms with van der Waals surface area (Å²) >= 11 is 0. The molecule has 2 heterocycles. The van der Waals surface area contributed by atoms with E-state index in [1.54, 1.807) is 24.4 Å². The third-order valence-electron chi connectivity index (χ3n) is 2.93. The quantitative estimate of drug-likeness (QED) is 0.918. The van der Waals surface area contributed by atoms with Crippen LogP contribution >= 0.6 is 0 Å². The highest BCUT2D eigenvalue weighted by molar-refractivity contribution is 5.94. The minimum absolute atomic E-state index is 0.161. The standard InChI is InChI=1S/C14H14N2O4/c1-9-7-16-13(20-9)4-5-15-14(17)10-2-3-11-12(6-10)19-8-18-11/h2-3,6-7H,4-5,8H2,1H3,(H,15,17). The number of hydrogen-bond acceptors (Lipinski definition) is 5. The van der Waals surface area contributed by atoms with Gasteiger partial charge in [0.15, 0.2) is 17.4 Å². The Morgan fingerprint density at radius 3 is 3.00 bits per heavy atom. The maximum Gasteiger partial charge on any atom is 0.251 e. The Kier molecular flexibility index (Phi) is 3.28. The second-order valence-electron chi connectivity index (χ2n) is 4.44. The Morgan fingerprint density at radius 1 is 1.35 bits per heavy atom. The van der Waals surface area contributed by atoms with Crippen LogP contribution in [0.15, 0.2) is 28.8 Å². The third-order valence-corrected chi connectivity index (χ3v) is 2.93. The van der Waals surface area contributed by atoms with Gasteiger partial charge in [-0.25, -0.2) is 4.98 Å². The summed E-state index contributed by atoms with van der Waals surface area (Å²) in [5.74, 6) is 2.49. The van der Waals surface area contributed by atoms with Gasteiger partial charge in [0.1, 0.15) is 5.76 Å². The van der Waals surface area contributed by atoms with Crippen molar-refractivity contribution in [1.82, 2.24) is 10.3 Å². The van der Waals surface area contributed by atoms with Crippen molar-refractivity contribution in [1.29, 1.82) is 0 Å².